The number of morpholine rings is 1. The van der Waals surface area contributed by atoms with Gasteiger partial charge in [0.1, 0.15) is 13.2 Å². The minimum Gasteiger partial charge on any atom is -0.486 e. The number of rotatable bonds is 4. The molecule has 2 heterocycles. The Balaban J connectivity index is 1.54. The quantitative estimate of drug-likeness (QED) is 0.889. The zero-order valence-corrected chi connectivity index (χ0v) is 13.9. The third-order valence-corrected chi connectivity index (χ3v) is 4.17. The van der Waals surface area contributed by atoms with E-state index >= 15 is 0 Å². The number of nitrogens with one attached hydrogen (secondary N) is 1. The molecular weight excluding hydrogens is 320 g/mol. The van der Waals surface area contributed by atoms with Crippen LogP contribution in [0.5, 0.6) is 11.5 Å². The number of amides is 1. The van der Waals surface area contributed by atoms with Crippen LogP contribution in [-0.4, -0.2) is 63.4 Å². The van der Waals surface area contributed by atoms with Crippen molar-refractivity contribution >= 4 is 17.5 Å². The number of carbonyl (C=O) groups excluding carboxylic acids is 1. The minimum atomic E-state index is -0.0606. The molecule has 6 nitrogen and oxygen atoms in total. The van der Waals surface area contributed by atoms with Crippen LogP contribution in [0.1, 0.15) is 5.56 Å². The Kier molecular flexibility index (Phi) is 5.25. The van der Waals surface area contributed by atoms with Crippen LogP contribution in [0.25, 0.3) is 0 Å². The second-order valence-electron chi connectivity index (χ2n) is 5.84. The molecule has 1 aromatic carbocycles. The molecule has 2 aliphatic heterocycles. The Hall–Kier alpha value is -1.50. The van der Waals surface area contributed by atoms with Crippen LogP contribution in [-0.2, 0) is 16.0 Å². The van der Waals surface area contributed by atoms with Crippen LogP contribution in [0.2, 0.25) is 5.02 Å². The number of carbonyl (C=O) groups is 1. The van der Waals surface area contributed by atoms with E-state index in [-0.39, 0.29) is 18.4 Å². The zero-order valence-electron chi connectivity index (χ0n) is 13.1. The molecule has 1 N–H and O–H groups in total. The van der Waals surface area contributed by atoms with E-state index in [4.69, 9.17) is 25.8 Å². The highest BCUT2D eigenvalue weighted by Crippen LogP contribution is 2.38. The molecule has 3 rings (SSSR count). The first-order valence-corrected chi connectivity index (χ1v) is 8.14. The molecule has 0 aromatic heterocycles. The first-order valence-electron chi connectivity index (χ1n) is 7.76. The topological polar surface area (TPSA) is 60.0 Å². The largest absolute Gasteiger partial charge is 0.486 e. The third-order valence-electron chi connectivity index (χ3n) is 3.89. The van der Waals surface area contributed by atoms with Crippen LogP contribution in [0, 0.1) is 0 Å². The molecule has 1 amide bonds. The van der Waals surface area contributed by atoms with Gasteiger partial charge in [-0.15, -0.1) is 0 Å². The Labute approximate surface area is 140 Å². The molecule has 0 unspecified atom stereocenters. The number of likely N-dealkylation sites (N-methyl/N-ethyl adjacent to an activating group) is 1. The van der Waals surface area contributed by atoms with Crippen LogP contribution in [0.4, 0.5) is 0 Å². The van der Waals surface area contributed by atoms with Crippen LogP contribution >= 0.6 is 11.6 Å². The summed E-state index contributed by atoms with van der Waals surface area (Å²) in [7, 11) is 2.05. The Morgan fingerprint density at radius 1 is 1.35 bits per heavy atom. The van der Waals surface area contributed by atoms with E-state index in [0.717, 1.165) is 18.7 Å². The predicted molar refractivity (Wildman–Crippen MR) is 86.4 cm³/mol. The molecule has 126 valence electrons. The van der Waals surface area contributed by atoms with Crippen LogP contribution in [0.3, 0.4) is 0 Å². The number of fused-ring (bicyclic) bond motifs is 1. The number of ether oxygens (including phenoxy) is 3. The minimum absolute atomic E-state index is 0.0431. The molecule has 0 aliphatic carbocycles. The first-order chi connectivity index (χ1) is 11.1. The number of hydrogen-bond acceptors (Lipinski definition) is 5. The van der Waals surface area contributed by atoms with Gasteiger partial charge in [0.25, 0.3) is 0 Å². The van der Waals surface area contributed by atoms with Crippen molar-refractivity contribution in [3.63, 3.8) is 0 Å². The van der Waals surface area contributed by atoms with Gasteiger partial charge < -0.3 is 24.4 Å². The predicted octanol–water partition coefficient (Wildman–Crippen LogP) is 1.10. The van der Waals surface area contributed by atoms with Crippen molar-refractivity contribution < 1.29 is 19.0 Å². The zero-order chi connectivity index (χ0) is 16.2. The average molecular weight is 341 g/mol. The summed E-state index contributed by atoms with van der Waals surface area (Å²) < 4.78 is 16.6. The van der Waals surface area contributed by atoms with E-state index in [1.165, 1.54) is 0 Å². The SMILES string of the molecule is CN1CCO[C@@H](CNC(=O)Cc2cc(Cl)c3c(c2)OCCO3)C1. The Bertz CT molecular complexity index is 581. The fourth-order valence-electron chi connectivity index (χ4n) is 2.73. The highest BCUT2D eigenvalue weighted by molar-refractivity contribution is 6.32. The van der Waals surface area contributed by atoms with Gasteiger partial charge in [-0.3, -0.25) is 4.79 Å². The summed E-state index contributed by atoms with van der Waals surface area (Å²) in [6, 6.07) is 3.56. The van der Waals surface area contributed by atoms with E-state index < -0.39 is 0 Å². The highest BCUT2D eigenvalue weighted by atomic mass is 35.5. The van der Waals surface area contributed by atoms with Gasteiger partial charge in [-0.25, -0.2) is 0 Å². The summed E-state index contributed by atoms with van der Waals surface area (Å²) in [4.78, 5) is 14.3. The normalized spacial score (nSPS) is 21.0. The fraction of sp³-hybridized carbons (Fsp3) is 0.562. The van der Waals surface area contributed by atoms with Crippen LogP contribution < -0.4 is 14.8 Å². The maximum atomic E-state index is 12.1. The second kappa shape index (κ2) is 7.38. The van der Waals surface area contributed by atoms with Gasteiger partial charge in [-0.2, -0.15) is 0 Å². The smallest absolute Gasteiger partial charge is 0.224 e. The lowest BCUT2D eigenvalue weighted by Crippen LogP contribution is -2.46. The second-order valence-corrected chi connectivity index (χ2v) is 6.24. The lowest BCUT2D eigenvalue weighted by molar-refractivity contribution is -0.121. The number of hydrogen-bond donors (Lipinski definition) is 1. The molecule has 1 atom stereocenters. The summed E-state index contributed by atoms with van der Waals surface area (Å²) in [6.45, 7) is 3.96. The summed E-state index contributed by atoms with van der Waals surface area (Å²) in [5, 5.41) is 3.39. The molecule has 7 heteroatoms. The van der Waals surface area contributed by atoms with Gasteiger partial charge in [-0.1, -0.05) is 11.6 Å². The maximum absolute atomic E-state index is 12.1. The molecule has 0 bridgehead atoms. The molecule has 2 aliphatic rings. The average Bonchev–Trinajstić information content (AvgIpc) is 2.53. The van der Waals surface area contributed by atoms with E-state index in [1.54, 1.807) is 6.07 Å². The number of benzene rings is 1. The van der Waals surface area contributed by atoms with E-state index in [9.17, 15) is 4.79 Å². The lowest BCUT2D eigenvalue weighted by Gasteiger charge is -2.30. The van der Waals surface area contributed by atoms with Gasteiger partial charge in [0.05, 0.1) is 24.2 Å². The van der Waals surface area contributed by atoms with E-state index in [1.807, 2.05) is 6.07 Å². The first kappa shape index (κ1) is 16.4. The molecule has 0 saturated carbocycles. The van der Waals surface area contributed by atoms with Crippen molar-refractivity contribution in [3.8, 4) is 11.5 Å². The van der Waals surface area contributed by atoms with Crippen molar-refractivity contribution in [3.05, 3.63) is 22.7 Å². The van der Waals surface area contributed by atoms with E-state index in [2.05, 4.69) is 17.3 Å². The molecular formula is C16H21ClN2O4. The fourth-order valence-corrected chi connectivity index (χ4v) is 3.02. The molecule has 0 spiro atoms. The van der Waals surface area contributed by atoms with Crippen molar-refractivity contribution in [1.82, 2.24) is 10.2 Å². The molecule has 1 fully saturated rings. The monoisotopic (exact) mass is 340 g/mol. The Morgan fingerprint density at radius 3 is 3.00 bits per heavy atom. The van der Waals surface area contributed by atoms with Gasteiger partial charge in [0.2, 0.25) is 5.91 Å². The molecule has 1 saturated heterocycles. The summed E-state index contributed by atoms with van der Waals surface area (Å²) >= 11 is 6.18. The molecule has 0 radical (unpaired) electrons. The van der Waals surface area contributed by atoms with Gasteiger partial charge in [0, 0.05) is 19.6 Å². The Morgan fingerprint density at radius 2 is 2.17 bits per heavy atom. The standard InChI is InChI=1S/C16H21ClN2O4/c1-19-2-3-21-12(10-19)9-18-15(20)8-11-6-13(17)16-14(7-11)22-4-5-23-16/h6-7,12H,2-5,8-10H2,1H3,(H,18,20)/t12-/m0/s1. The third kappa shape index (κ3) is 4.28. The molecule has 1 aromatic rings. The van der Waals surface area contributed by atoms with Gasteiger partial charge >= 0.3 is 0 Å². The summed E-state index contributed by atoms with van der Waals surface area (Å²) in [5.41, 5.74) is 0.804. The lowest BCUT2D eigenvalue weighted by atomic mass is 10.1. The van der Waals surface area contributed by atoms with Crippen LogP contribution in [0.15, 0.2) is 12.1 Å². The number of halogens is 1. The van der Waals surface area contributed by atoms with Crippen molar-refractivity contribution in [2.45, 2.75) is 12.5 Å². The van der Waals surface area contributed by atoms with Gasteiger partial charge in [0.15, 0.2) is 11.5 Å². The van der Waals surface area contributed by atoms with Gasteiger partial charge in [-0.05, 0) is 24.7 Å². The van der Waals surface area contributed by atoms with Crippen molar-refractivity contribution in [2.75, 3.05) is 46.5 Å². The van der Waals surface area contributed by atoms with Crippen molar-refractivity contribution in [1.29, 1.82) is 0 Å². The molecule has 23 heavy (non-hydrogen) atoms. The highest BCUT2D eigenvalue weighted by Gasteiger charge is 2.20. The van der Waals surface area contributed by atoms with Crippen molar-refractivity contribution in [2.24, 2.45) is 0 Å². The maximum Gasteiger partial charge on any atom is 0.224 e. The number of nitrogens with zero attached hydrogens (tertiary/aromatic N) is 1. The summed E-state index contributed by atoms with van der Waals surface area (Å²) in [5.74, 6) is 1.10. The summed E-state index contributed by atoms with van der Waals surface area (Å²) in [6.07, 6.45) is 0.292. The van der Waals surface area contributed by atoms with E-state index in [0.29, 0.717) is 42.9 Å².